The molecule has 0 spiro atoms. The van der Waals surface area contributed by atoms with Gasteiger partial charge < -0.3 is 0 Å². The average molecular weight is 1370 g/mol. The second-order valence-corrected chi connectivity index (χ2v) is 28.6. The second kappa shape index (κ2) is 28.2. The number of para-hydroxylation sites is 6. The highest BCUT2D eigenvalue weighted by Gasteiger charge is 2.38. The molecule has 6 nitrogen and oxygen atoms in total. The highest BCUT2D eigenvalue weighted by atomic mass is 15.4. The van der Waals surface area contributed by atoms with E-state index in [-0.39, 0.29) is 0 Å². The van der Waals surface area contributed by atoms with Gasteiger partial charge in [-0.3, -0.25) is 0 Å². The fraction of sp³-hybridized carbons (Fsp3) is 0.0900. The maximum Gasteiger partial charge on any atom is 0.220 e. The van der Waals surface area contributed by atoms with Crippen LogP contribution in [0.5, 0.6) is 0 Å². The molecule has 106 heavy (non-hydrogen) atoms. The van der Waals surface area contributed by atoms with E-state index in [2.05, 4.69) is 447 Å². The molecule has 3 aromatic heterocycles. The fourth-order valence-electron chi connectivity index (χ4n) is 17.0. The van der Waals surface area contributed by atoms with Gasteiger partial charge >= 0.3 is 0 Å². The Bertz CT molecular complexity index is 6180. The first-order valence-corrected chi connectivity index (χ1v) is 36.8. The van der Waals surface area contributed by atoms with Gasteiger partial charge in [-0.05, 0) is 184 Å². The molecule has 0 unspecified atom stereocenters. The average Bonchev–Trinajstić information content (AvgIpc) is 0.733. The molecule has 0 bridgehead atoms. The Morgan fingerprint density at radius 3 is 1.15 bits per heavy atom. The predicted octanol–water partition coefficient (Wildman–Crippen LogP) is 24.7. The number of fused-ring (bicyclic) bond motifs is 9. The molecule has 0 radical (unpaired) electrons. The van der Waals surface area contributed by atoms with Gasteiger partial charge in [0, 0.05) is 75.0 Å². The Morgan fingerprint density at radius 1 is 0.236 bits per heavy atom. The zero-order valence-corrected chi connectivity index (χ0v) is 61.9. The minimum absolute atomic E-state index is 0.582. The van der Waals surface area contributed by atoms with Gasteiger partial charge in [0.15, 0.2) is 35.7 Å². The third-order valence-electron chi connectivity index (χ3n) is 22.5. The molecule has 512 valence electrons. The van der Waals surface area contributed by atoms with E-state index < -0.39 is 0 Å². The van der Waals surface area contributed by atoms with Crippen molar-refractivity contribution in [2.45, 2.75) is 20.8 Å². The monoisotopic (exact) mass is 1370 g/mol. The lowest BCUT2D eigenvalue weighted by atomic mass is 9.88. The number of hydrogen-bond donors (Lipinski definition) is 0. The van der Waals surface area contributed by atoms with Gasteiger partial charge in [0.05, 0.1) is 32.1 Å². The van der Waals surface area contributed by atoms with Crippen LogP contribution in [0.25, 0.3) is 98.1 Å². The molecular weight excluding hydrogens is 1290 g/mol. The predicted molar refractivity (Wildman–Crippen MR) is 450 cm³/mol. The van der Waals surface area contributed by atoms with Crippen molar-refractivity contribution >= 4 is 127 Å². The van der Waals surface area contributed by atoms with Crippen LogP contribution in [0.1, 0.15) is 16.7 Å². The van der Waals surface area contributed by atoms with Gasteiger partial charge in [0.25, 0.3) is 0 Å². The molecule has 3 heterocycles. The first kappa shape index (κ1) is 67.9. The Morgan fingerprint density at radius 2 is 0.623 bits per heavy atom. The molecule has 0 fully saturated rings. The van der Waals surface area contributed by atoms with Crippen molar-refractivity contribution in [2.24, 2.45) is 21.1 Å². The highest BCUT2D eigenvalue weighted by molar-refractivity contribution is 6.19. The molecule has 0 saturated carbocycles. The standard InChI is InChI=1S/2C34H30N2.C32H28N2/c1-25-33(31-22-12-13-24-35(31)2)29-20-11-10-19-28(29)30-21-14-23-32(34(25)30)36(3,26-15-6-4-7-16-26)27-17-8-5-9-18-27;1-25-31(32-23-27-13-10-11-14-28(27)24-35(32)2)22-21-26-15-12-20-33(34(25)26)36(3,29-16-6-4-7-17-29)30-18-8-5-9-19-30;1-23-30-25(22-26-20-19-24-13-11-21-33(2)32(24)31(23)26)12-10-18-29(30)34(3,27-14-6-4-7-15-27)28-16-8-5-9-17-28/h2*4-24H,1-3H3;4-22H,1-3H3/q3*+2. The quantitative estimate of drug-likeness (QED) is 0.0529. The lowest BCUT2D eigenvalue weighted by Crippen LogP contribution is -2.34. The Kier molecular flexibility index (Phi) is 18.1. The first-order valence-electron chi connectivity index (χ1n) is 36.8. The van der Waals surface area contributed by atoms with Crippen LogP contribution in [0.15, 0.2) is 370 Å². The number of pyridine rings is 3. The maximum absolute atomic E-state index is 2.36. The smallest absolute Gasteiger partial charge is 0.220 e. The summed E-state index contributed by atoms with van der Waals surface area (Å²) in [5, 5.41) is 16.7. The summed E-state index contributed by atoms with van der Waals surface area (Å²) in [6, 6.07) is 127. The minimum atomic E-state index is 0.582. The van der Waals surface area contributed by atoms with E-state index in [0.29, 0.717) is 13.4 Å². The molecule has 0 aliphatic carbocycles. The van der Waals surface area contributed by atoms with Gasteiger partial charge in [-0.2, -0.15) is 0 Å². The van der Waals surface area contributed by atoms with Crippen molar-refractivity contribution in [3.05, 3.63) is 387 Å². The van der Waals surface area contributed by atoms with Gasteiger partial charge in [-0.25, -0.2) is 27.2 Å². The molecule has 0 N–H and O–H groups in total. The van der Waals surface area contributed by atoms with Crippen molar-refractivity contribution < 1.29 is 13.7 Å². The summed E-state index contributed by atoms with van der Waals surface area (Å²) in [4.78, 5) is 0. The van der Waals surface area contributed by atoms with Crippen molar-refractivity contribution in [1.29, 1.82) is 0 Å². The van der Waals surface area contributed by atoms with Gasteiger partial charge in [0.2, 0.25) is 16.9 Å². The molecule has 18 rings (SSSR count). The molecule has 15 aromatic carbocycles. The van der Waals surface area contributed by atoms with Crippen LogP contribution in [0.3, 0.4) is 0 Å². The normalized spacial score (nSPS) is 11.8. The minimum Gasteiger partial charge on any atom is -0.229 e. The van der Waals surface area contributed by atoms with Crippen molar-refractivity contribution in [1.82, 2.24) is 13.4 Å². The molecule has 0 saturated heterocycles. The summed E-state index contributed by atoms with van der Waals surface area (Å²) in [5.41, 5.74) is 21.4. The van der Waals surface area contributed by atoms with E-state index in [1.165, 1.54) is 166 Å². The second-order valence-electron chi connectivity index (χ2n) is 28.6. The van der Waals surface area contributed by atoms with Crippen LogP contribution in [-0.2, 0) is 21.1 Å². The number of hydrogen-bond acceptors (Lipinski definition) is 0. The van der Waals surface area contributed by atoms with Gasteiger partial charge in [-0.15, -0.1) is 0 Å². The van der Waals surface area contributed by atoms with Crippen LogP contribution in [-0.4, -0.2) is 21.1 Å². The summed E-state index contributed by atoms with van der Waals surface area (Å²) in [7, 11) is 13.4. The third kappa shape index (κ3) is 11.7. The molecule has 0 amide bonds. The summed E-state index contributed by atoms with van der Waals surface area (Å²) in [6.07, 6.45) is 6.51. The van der Waals surface area contributed by atoms with Crippen molar-refractivity contribution in [3.8, 4) is 22.5 Å². The molecule has 0 atom stereocenters. The molecular formula is C100H88N6+6. The molecule has 0 aliphatic heterocycles. The summed E-state index contributed by atoms with van der Waals surface area (Å²) >= 11 is 0. The first-order chi connectivity index (χ1) is 51.8. The molecule has 0 aliphatic rings. The van der Waals surface area contributed by atoms with Crippen molar-refractivity contribution in [2.75, 3.05) is 21.1 Å². The van der Waals surface area contributed by atoms with E-state index in [9.17, 15) is 0 Å². The summed E-state index contributed by atoms with van der Waals surface area (Å²) < 4.78 is 8.50. The lowest BCUT2D eigenvalue weighted by Gasteiger charge is -2.34. The SMILES string of the molecule is Cc1c(-c2cc3ccccc3c[n+]2C)ccc2cccc([N+](C)(c3ccccc3)c3ccccc3)c12.Cc1c(-c2cccc[n+]2C)c2ccccc2c2cccc([N+](C)(c3ccccc3)c3ccccc3)c12.Cc1c2c([N+](C)(c3ccccc3)c3ccccc3)cccc2cc2ccc3ccc[n+](C)c3c12. The largest absolute Gasteiger partial charge is 0.229 e. The summed E-state index contributed by atoms with van der Waals surface area (Å²) in [5.74, 6) is 0. The van der Waals surface area contributed by atoms with Gasteiger partial charge in [0.1, 0.15) is 55.3 Å². The van der Waals surface area contributed by atoms with Crippen molar-refractivity contribution in [3.63, 3.8) is 0 Å². The molecule has 6 heteroatoms. The molecule has 18 aromatic rings. The van der Waals surface area contributed by atoms with E-state index in [0.717, 1.165) is 0 Å². The zero-order chi connectivity index (χ0) is 72.7. The number of aryl methyl sites for hydroxylation is 6. The number of aromatic nitrogens is 3. The number of quaternary nitrogens is 3. The Balaban J connectivity index is 0.000000122. The number of nitrogens with zero attached hydrogens (tertiary/aromatic N) is 6. The Labute approximate surface area is 622 Å². The van der Waals surface area contributed by atoms with Crippen LogP contribution in [0.4, 0.5) is 51.2 Å². The Hall–Kier alpha value is -12.6. The van der Waals surface area contributed by atoms with Crippen LogP contribution < -0.4 is 27.2 Å². The van der Waals surface area contributed by atoms with E-state index in [4.69, 9.17) is 0 Å². The van der Waals surface area contributed by atoms with Crippen LogP contribution in [0.2, 0.25) is 0 Å². The third-order valence-corrected chi connectivity index (χ3v) is 22.5. The lowest BCUT2D eigenvalue weighted by molar-refractivity contribution is -0.660. The van der Waals surface area contributed by atoms with E-state index in [1.807, 2.05) is 0 Å². The van der Waals surface area contributed by atoms with Crippen LogP contribution >= 0.6 is 0 Å². The number of benzene rings is 15. The highest BCUT2D eigenvalue weighted by Crippen LogP contribution is 2.52. The van der Waals surface area contributed by atoms with Crippen LogP contribution in [0, 0.1) is 20.8 Å². The van der Waals surface area contributed by atoms with Gasteiger partial charge in [-0.1, -0.05) is 200 Å². The maximum atomic E-state index is 2.36. The number of rotatable bonds is 11. The van der Waals surface area contributed by atoms with E-state index in [1.54, 1.807) is 0 Å². The topological polar surface area (TPSA) is 11.6 Å². The summed E-state index contributed by atoms with van der Waals surface area (Å²) in [6.45, 7) is 6.86. The fourth-order valence-corrected chi connectivity index (χ4v) is 17.0. The van der Waals surface area contributed by atoms with E-state index >= 15 is 0 Å². The zero-order valence-electron chi connectivity index (χ0n) is 61.9.